The van der Waals surface area contributed by atoms with Crippen molar-refractivity contribution in [2.24, 2.45) is 5.92 Å². The van der Waals surface area contributed by atoms with E-state index in [9.17, 15) is 9.59 Å². The molecule has 2 aromatic rings. The van der Waals surface area contributed by atoms with Gasteiger partial charge in [0.1, 0.15) is 0 Å². The number of likely N-dealkylation sites (tertiary alicyclic amines) is 2. The van der Waals surface area contributed by atoms with Crippen molar-refractivity contribution in [1.82, 2.24) is 19.6 Å². The Morgan fingerprint density at radius 2 is 1.22 bits per heavy atom. The molecule has 0 radical (unpaired) electrons. The first-order valence-corrected chi connectivity index (χ1v) is 22.2. The molecule has 2 saturated carbocycles. The molecule has 0 bridgehead atoms. The molecule has 7 unspecified atom stereocenters. The second-order valence-corrected chi connectivity index (χ2v) is 17.9. The molecule has 55 heavy (non-hydrogen) atoms. The Morgan fingerprint density at radius 3 is 1.76 bits per heavy atom. The Kier molecular flexibility index (Phi) is 13.7. The van der Waals surface area contributed by atoms with E-state index in [2.05, 4.69) is 57.7 Å². The van der Waals surface area contributed by atoms with E-state index in [-0.39, 0.29) is 23.0 Å². The van der Waals surface area contributed by atoms with Crippen molar-refractivity contribution < 1.29 is 19.1 Å². The van der Waals surface area contributed by atoms with E-state index in [0.29, 0.717) is 42.9 Å². The predicted molar refractivity (Wildman–Crippen MR) is 220 cm³/mol. The van der Waals surface area contributed by atoms with Gasteiger partial charge in [0.05, 0.1) is 30.7 Å². The molecule has 2 spiro atoms. The minimum absolute atomic E-state index is 0.0632. The lowest BCUT2D eigenvalue weighted by Crippen LogP contribution is -2.59. The Balaban J connectivity index is 0.000000169. The minimum atomic E-state index is 0.0632. The quantitative estimate of drug-likeness (QED) is 0.250. The van der Waals surface area contributed by atoms with Gasteiger partial charge in [0.15, 0.2) is 0 Å². The van der Waals surface area contributed by atoms with E-state index in [1.54, 1.807) is 0 Å². The standard InChI is InChI=1S/C24H36N2O2.C23H34N2O2/c1-3-19-16-24(28-18-19)12-11-21(22(17-24)26-13-7-8-14-26)25(2)23(27)15-20-9-5-4-6-10-20;1-2-25(22(26)17-19-9-4-3-5-10-19)20-11-13-23(12-8-16-27-23)18-21(20)24-14-6-7-15-24/h4-6,9-10,19,21-22H,3,7-8,11-18H2,1-2H3;3-5,9-10,20-21H,2,6-8,11-18H2,1H3. The molecule has 6 aliphatic rings. The molecule has 8 heteroatoms. The van der Waals surface area contributed by atoms with Gasteiger partial charge in [-0.05, 0) is 134 Å². The van der Waals surface area contributed by atoms with Crippen molar-refractivity contribution in [3.63, 3.8) is 0 Å². The summed E-state index contributed by atoms with van der Waals surface area (Å²) in [5, 5.41) is 0. The van der Waals surface area contributed by atoms with Crippen LogP contribution < -0.4 is 0 Å². The molecule has 7 atom stereocenters. The van der Waals surface area contributed by atoms with E-state index in [1.165, 1.54) is 77.5 Å². The number of hydrogen-bond acceptors (Lipinski definition) is 6. The van der Waals surface area contributed by atoms with Gasteiger partial charge in [0.2, 0.25) is 11.8 Å². The van der Waals surface area contributed by atoms with Crippen LogP contribution in [0.4, 0.5) is 0 Å². The third-order valence-electron chi connectivity index (χ3n) is 14.5. The van der Waals surface area contributed by atoms with Crippen LogP contribution in [0.3, 0.4) is 0 Å². The lowest BCUT2D eigenvalue weighted by atomic mass is 9.74. The van der Waals surface area contributed by atoms with Crippen LogP contribution >= 0.6 is 0 Å². The second-order valence-electron chi connectivity index (χ2n) is 17.9. The van der Waals surface area contributed by atoms with Gasteiger partial charge in [0.25, 0.3) is 0 Å². The smallest absolute Gasteiger partial charge is 0.227 e. The monoisotopic (exact) mass is 755 g/mol. The van der Waals surface area contributed by atoms with Gasteiger partial charge in [-0.25, -0.2) is 0 Å². The van der Waals surface area contributed by atoms with Crippen LogP contribution in [-0.4, -0.2) is 120 Å². The fraction of sp³-hybridized carbons (Fsp3) is 0.702. The highest BCUT2D eigenvalue weighted by atomic mass is 16.5. The molecule has 2 aromatic carbocycles. The number of nitrogens with zero attached hydrogens (tertiary/aromatic N) is 4. The lowest BCUT2D eigenvalue weighted by Gasteiger charge is -2.49. The maximum Gasteiger partial charge on any atom is 0.227 e. The van der Waals surface area contributed by atoms with Crippen LogP contribution in [0.25, 0.3) is 0 Å². The molecule has 8 rings (SSSR count). The Labute approximate surface area is 332 Å². The molecule has 302 valence electrons. The maximum atomic E-state index is 13.2. The summed E-state index contributed by atoms with van der Waals surface area (Å²) in [7, 11) is 2.03. The molecule has 4 heterocycles. The van der Waals surface area contributed by atoms with E-state index >= 15 is 0 Å². The van der Waals surface area contributed by atoms with Crippen LogP contribution in [0.2, 0.25) is 0 Å². The average Bonchev–Trinajstić information content (AvgIpc) is 4.06. The van der Waals surface area contributed by atoms with Crippen molar-refractivity contribution >= 4 is 11.8 Å². The first-order valence-electron chi connectivity index (χ1n) is 22.2. The number of amides is 2. The lowest BCUT2D eigenvalue weighted by molar-refractivity contribution is -0.138. The van der Waals surface area contributed by atoms with Crippen LogP contribution in [0, 0.1) is 5.92 Å². The number of hydrogen-bond donors (Lipinski definition) is 0. The molecule has 8 nitrogen and oxygen atoms in total. The number of rotatable bonds is 10. The largest absolute Gasteiger partial charge is 0.375 e. The zero-order chi connectivity index (χ0) is 38.3. The van der Waals surface area contributed by atoms with Gasteiger partial charge in [0, 0.05) is 44.4 Å². The van der Waals surface area contributed by atoms with Crippen molar-refractivity contribution in [3.8, 4) is 0 Å². The van der Waals surface area contributed by atoms with Gasteiger partial charge in [-0.3, -0.25) is 19.4 Å². The average molecular weight is 755 g/mol. The second kappa shape index (κ2) is 18.7. The summed E-state index contributed by atoms with van der Waals surface area (Å²) in [6.07, 6.45) is 17.6. The Hall–Kier alpha value is -2.78. The van der Waals surface area contributed by atoms with Crippen molar-refractivity contribution in [2.45, 2.75) is 152 Å². The molecular weight excluding hydrogens is 685 g/mol. The summed E-state index contributed by atoms with van der Waals surface area (Å²) in [5.41, 5.74) is 2.37. The van der Waals surface area contributed by atoms with E-state index in [4.69, 9.17) is 9.47 Å². The summed E-state index contributed by atoms with van der Waals surface area (Å²) in [4.78, 5) is 35.8. The molecule has 0 aromatic heterocycles. The van der Waals surface area contributed by atoms with E-state index in [1.807, 2.05) is 43.4 Å². The maximum absolute atomic E-state index is 13.2. The first kappa shape index (κ1) is 40.4. The molecule has 2 aliphatic carbocycles. The number of ether oxygens (including phenoxy) is 2. The Morgan fingerprint density at radius 1 is 0.673 bits per heavy atom. The van der Waals surface area contributed by atoms with E-state index in [0.717, 1.165) is 69.4 Å². The summed E-state index contributed by atoms with van der Waals surface area (Å²) >= 11 is 0. The summed E-state index contributed by atoms with van der Waals surface area (Å²) in [6.45, 7) is 11.8. The highest BCUT2D eigenvalue weighted by molar-refractivity contribution is 5.79. The van der Waals surface area contributed by atoms with Crippen molar-refractivity contribution in [3.05, 3.63) is 71.8 Å². The minimum Gasteiger partial charge on any atom is -0.375 e. The van der Waals surface area contributed by atoms with Crippen molar-refractivity contribution in [2.75, 3.05) is 53.0 Å². The zero-order valence-electron chi connectivity index (χ0n) is 34.3. The zero-order valence-corrected chi connectivity index (χ0v) is 34.3. The molecular formula is C47H70N4O4. The highest BCUT2D eigenvalue weighted by Crippen LogP contribution is 2.46. The van der Waals surface area contributed by atoms with Crippen LogP contribution in [0.1, 0.15) is 115 Å². The first-order chi connectivity index (χ1) is 26.8. The van der Waals surface area contributed by atoms with Crippen LogP contribution in [-0.2, 0) is 31.9 Å². The number of carbonyl (C=O) groups is 2. The van der Waals surface area contributed by atoms with Crippen molar-refractivity contribution in [1.29, 1.82) is 0 Å². The number of benzene rings is 2. The molecule has 0 N–H and O–H groups in total. The predicted octanol–water partition coefficient (Wildman–Crippen LogP) is 7.53. The van der Waals surface area contributed by atoms with Gasteiger partial charge >= 0.3 is 0 Å². The SMILES string of the molecule is CCC1COC2(CCC(N(C)C(=O)Cc3ccccc3)C(N3CCCC3)C2)C1.CCN(C(=O)Cc1ccccc1)C1CCC2(CCCO2)CC1N1CCCC1. The van der Waals surface area contributed by atoms with E-state index < -0.39 is 0 Å². The normalized spacial score (nSPS) is 32.5. The fourth-order valence-electron chi connectivity index (χ4n) is 11.3. The van der Waals surface area contributed by atoms with Gasteiger partial charge < -0.3 is 19.3 Å². The van der Waals surface area contributed by atoms with Crippen LogP contribution in [0.5, 0.6) is 0 Å². The number of likely N-dealkylation sites (N-methyl/N-ethyl adjacent to an activating group) is 2. The molecule has 6 fully saturated rings. The molecule has 4 saturated heterocycles. The molecule has 4 aliphatic heterocycles. The van der Waals surface area contributed by atoms with Gasteiger partial charge in [-0.1, -0.05) is 74.0 Å². The summed E-state index contributed by atoms with van der Waals surface area (Å²) in [5.74, 6) is 1.24. The summed E-state index contributed by atoms with van der Waals surface area (Å²) in [6, 6.07) is 21.9. The fourth-order valence-corrected chi connectivity index (χ4v) is 11.3. The third kappa shape index (κ3) is 9.68. The molecule has 2 amide bonds. The van der Waals surface area contributed by atoms with Gasteiger partial charge in [-0.2, -0.15) is 0 Å². The Bertz CT molecular complexity index is 1510. The third-order valence-corrected chi connectivity index (χ3v) is 14.5. The summed E-state index contributed by atoms with van der Waals surface area (Å²) < 4.78 is 12.7. The van der Waals surface area contributed by atoms with Crippen LogP contribution in [0.15, 0.2) is 60.7 Å². The number of carbonyl (C=O) groups excluding carboxylic acids is 2. The van der Waals surface area contributed by atoms with Gasteiger partial charge in [-0.15, -0.1) is 0 Å². The highest BCUT2D eigenvalue weighted by Gasteiger charge is 2.50. The topological polar surface area (TPSA) is 65.6 Å².